The molecule has 0 spiro atoms. The number of carbonyl (C=O) groups excluding carboxylic acids is 1. The summed E-state index contributed by atoms with van der Waals surface area (Å²) in [5.74, 6) is 4.18. The van der Waals surface area contributed by atoms with E-state index in [0.717, 1.165) is 36.5 Å². The maximum absolute atomic E-state index is 11.4. The Kier molecular flexibility index (Phi) is 4.14. The summed E-state index contributed by atoms with van der Waals surface area (Å²) in [6, 6.07) is 0. The number of hydrogen-bond donors (Lipinski definition) is 1. The third-order valence-corrected chi connectivity index (χ3v) is 9.56. The highest BCUT2D eigenvalue weighted by atomic mass is 16.3. The van der Waals surface area contributed by atoms with Crippen LogP contribution in [0.2, 0.25) is 0 Å². The maximum Gasteiger partial charge on any atom is 0.123 e. The van der Waals surface area contributed by atoms with E-state index in [9.17, 15) is 9.90 Å². The Bertz CT molecular complexity index is 502. The van der Waals surface area contributed by atoms with Gasteiger partial charge in [0, 0.05) is 5.92 Å². The van der Waals surface area contributed by atoms with Gasteiger partial charge in [-0.15, -0.1) is 0 Å². The molecule has 9 atom stereocenters. The summed E-state index contributed by atoms with van der Waals surface area (Å²) >= 11 is 0. The number of aldehydes is 1. The number of aliphatic hydroxyl groups excluding tert-OH is 1. The topological polar surface area (TPSA) is 37.3 Å². The fourth-order valence-corrected chi connectivity index (χ4v) is 8.23. The molecule has 0 heterocycles. The van der Waals surface area contributed by atoms with Gasteiger partial charge in [-0.05, 0) is 98.2 Å². The first kappa shape index (κ1) is 17.1. The molecule has 2 nitrogen and oxygen atoms in total. The highest BCUT2D eigenvalue weighted by Gasteiger charge is 2.60. The van der Waals surface area contributed by atoms with Crippen LogP contribution in [0.4, 0.5) is 0 Å². The minimum Gasteiger partial charge on any atom is -0.393 e. The fraction of sp³-hybridized carbons (Fsp3) is 0.955. The van der Waals surface area contributed by atoms with Crippen LogP contribution in [0.5, 0.6) is 0 Å². The van der Waals surface area contributed by atoms with Gasteiger partial charge in [-0.25, -0.2) is 0 Å². The Morgan fingerprint density at radius 1 is 0.958 bits per heavy atom. The predicted octanol–water partition coefficient (Wildman–Crippen LogP) is 4.84. The van der Waals surface area contributed by atoms with Gasteiger partial charge in [-0.1, -0.05) is 20.8 Å². The summed E-state index contributed by atoms with van der Waals surface area (Å²) in [5, 5.41) is 10.1. The van der Waals surface area contributed by atoms with Crippen molar-refractivity contribution in [1.29, 1.82) is 0 Å². The molecule has 0 amide bonds. The van der Waals surface area contributed by atoms with E-state index in [1.807, 2.05) is 0 Å². The zero-order valence-corrected chi connectivity index (χ0v) is 15.8. The van der Waals surface area contributed by atoms with E-state index in [1.54, 1.807) is 0 Å². The lowest BCUT2D eigenvalue weighted by atomic mass is 9.44. The molecule has 4 aliphatic rings. The minimum absolute atomic E-state index is 0.0437. The smallest absolute Gasteiger partial charge is 0.123 e. The lowest BCUT2D eigenvalue weighted by Crippen LogP contribution is -2.54. The quantitative estimate of drug-likeness (QED) is 0.735. The van der Waals surface area contributed by atoms with Crippen molar-refractivity contribution in [2.45, 2.75) is 84.7 Å². The number of carbonyl (C=O) groups is 1. The fourth-order valence-electron chi connectivity index (χ4n) is 8.23. The van der Waals surface area contributed by atoms with Gasteiger partial charge in [0.25, 0.3) is 0 Å². The molecule has 0 saturated heterocycles. The molecular weight excluding hydrogens is 296 g/mol. The maximum atomic E-state index is 11.4. The van der Waals surface area contributed by atoms with Gasteiger partial charge in [0.2, 0.25) is 0 Å². The first-order valence-corrected chi connectivity index (χ1v) is 10.5. The van der Waals surface area contributed by atoms with E-state index < -0.39 is 0 Å². The summed E-state index contributed by atoms with van der Waals surface area (Å²) in [6.45, 7) is 7.23. The Morgan fingerprint density at radius 2 is 1.67 bits per heavy atom. The zero-order valence-electron chi connectivity index (χ0n) is 15.8. The largest absolute Gasteiger partial charge is 0.393 e. The van der Waals surface area contributed by atoms with Crippen LogP contribution in [0.1, 0.15) is 78.6 Å². The molecule has 0 aromatic rings. The molecule has 4 aliphatic carbocycles. The van der Waals surface area contributed by atoms with Crippen LogP contribution < -0.4 is 0 Å². The van der Waals surface area contributed by atoms with Crippen molar-refractivity contribution in [2.75, 3.05) is 0 Å². The van der Waals surface area contributed by atoms with E-state index >= 15 is 0 Å². The molecule has 4 fully saturated rings. The van der Waals surface area contributed by atoms with Crippen molar-refractivity contribution in [3.8, 4) is 0 Å². The standard InChI is InChI=1S/C22H36O2/c1-14(13-23)18-6-7-19-17-5-4-15-12-16(24)8-10-21(15,2)20(17)9-11-22(18,19)3/h13-20,24H,4-12H2,1-3H3/t14?,15-,16-,17-,18+,19-,20-,21-,22+/m0/s1. The van der Waals surface area contributed by atoms with Gasteiger partial charge in [0.05, 0.1) is 6.10 Å². The van der Waals surface area contributed by atoms with Crippen LogP contribution in [-0.2, 0) is 4.79 Å². The number of rotatable bonds is 2. The van der Waals surface area contributed by atoms with Crippen molar-refractivity contribution in [3.63, 3.8) is 0 Å². The Labute approximate surface area is 147 Å². The van der Waals surface area contributed by atoms with Crippen LogP contribution in [0, 0.1) is 46.3 Å². The molecule has 24 heavy (non-hydrogen) atoms. The molecule has 0 radical (unpaired) electrons. The highest BCUT2D eigenvalue weighted by molar-refractivity contribution is 5.53. The number of fused-ring (bicyclic) bond motifs is 5. The molecule has 0 aromatic carbocycles. The first-order chi connectivity index (χ1) is 11.4. The SMILES string of the molecule is CC(C=O)[C@H]1CC[C@H]2[C@@H]3CC[C@H]4C[C@@H](O)CC[C@]4(C)[C@H]3CC[C@]12C. The average Bonchev–Trinajstić information content (AvgIpc) is 2.92. The highest BCUT2D eigenvalue weighted by Crippen LogP contribution is 2.68. The lowest BCUT2D eigenvalue weighted by Gasteiger charge is -2.61. The summed E-state index contributed by atoms with van der Waals surface area (Å²) in [7, 11) is 0. The van der Waals surface area contributed by atoms with Gasteiger partial charge in [0.1, 0.15) is 6.29 Å². The van der Waals surface area contributed by atoms with E-state index in [-0.39, 0.29) is 12.0 Å². The van der Waals surface area contributed by atoms with Crippen LogP contribution in [0.3, 0.4) is 0 Å². The molecule has 1 unspecified atom stereocenters. The summed E-state index contributed by atoms with van der Waals surface area (Å²) in [4.78, 5) is 11.4. The second kappa shape index (κ2) is 5.83. The van der Waals surface area contributed by atoms with Crippen molar-refractivity contribution in [1.82, 2.24) is 0 Å². The zero-order chi connectivity index (χ0) is 17.1. The van der Waals surface area contributed by atoms with Gasteiger partial charge in [-0.3, -0.25) is 0 Å². The van der Waals surface area contributed by atoms with Crippen molar-refractivity contribution >= 4 is 6.29 Å². The molecule has 0 aromatic heterocycles. The monoisotopic (exact) mass is 332 g/mol. The second-order valence-corrected chi connectivity index (χ2v) is 10.3. The average molecular weight is 333 g/mol. The molecule has 0 aliphatic heterocycles. The number of hydrogen-bond acceptors (Lipinski definition) is 2. The lowest BCUT2D eigenvalue weighted by molar-refractivity contribution is -0.132. The summed E-state index contributed by atoms with van der Waals surface area (Å²) < 4.78 is 0. The van der Waals surface area contributed by atoms with E-state index in [0.29, 0.717) is 16.7 Å². The normalized spacial score (nSPS) is 55.2. The third kappa shape index (κ3) is 2.27. The van der Waals surface area contributed by atoms with E-state index in [2.05, 4.69) is 20.8 Å². The molecule has 2 heteroatoms. The predicted molar refractivity (Wildman–Crippen MR) is 96.5 cm³/mol. The molecule has 0 bridgehead atoms. The van der Waals surface area contributed by atoms with Crippen LogP contribution in [0.15, 0.2) is 0 Å². The van der Waals surface area contributed by atoms with Crippen LogP contribution in [0.25, 0.3) is 0 Å². The van der Waals surface area contributed by atoms with Gasteiger partial charge in [0.15, 0.2) is 0 Å². The van der Waals surface area contributed by atoms with Crippen molar-refractivity contribution < 1.29 is 9.90 Å². The van der Waals surface area contributed by atoms with Crippen molar-refractivity contribution in [3.05, 3.63) is 0 Å². The summed E-state index contributed by atoms with van der Waals surface area (Å²) in [6.07, 6.45) is 12.5. The van der Waals surface area contributed by atoms with Crippen LogP contribution >= 0.6 is 0 Å². The molecule has 1 N–H and O–H groups in total. The summed E-state index contributed by atoms with van der Waals surface area (Å²) in [5.41, 5.74) is 0.872. The molecule has 136 valence electrons. The first-order valence-electron chi connectivity index (χ1n) is 10.5. The Morgan fingerprint density at radius 3 is 2.42 bits per heavy atom. The van der Waals surface area contributed by atoms with Crippen molar-refractivity contribution in [2.24, 2.45) is 46.3 Å². The van der Waals surface area contributed by atoms with E-state index in [1.165, 1.54) is 51.2 Å². The second-order valence-electron chi connectivity index (χ2n) is 10.3. The van der Waals surface area contributed by atoms with Gasteiger partial charge < -0.3 is 9.90 Å². The Hall–Kier alpha value is -0.370. The molecule has 4 saturated carbocycles. The van der Waals surface area contributed by atoms with Crippen LogP contribution in [-0.4, -0.2) is 17.5 Å². The van der Waals surface area contributed by atoms with E-state index in [4.69, 9.17) is 0 Å². The Balaban J connectivity index is 1.60. The third-order valence-electron chi connectivity index (χ3n) is 9.56. The molecular formula is C22H36O2. The van der Waals surface area contributed by atoms with Gasteiger partial charge in [-0.2, -0.15) is 0 Å². The molecule has 4 rings (SSSR count). The number of aliphatic hydroxyl groups is 1. The van der Waals surface area contributed by atoms with Gasteiger partial charge >= 0.3 is 0 Å². The minimum atomic E-state index is -0.0437.